The molecule has 29 heavy (non-hydrogen) atoms. The normalized spacial score (nSPS) is 19.4. The molecule has 154 valence electrons. The number of benzene rings is 2. The van der Waals surface area contributed by atoms with E-state index >= 15 is 0 Å². The fraction of sp³-hybridized carbons (Fsp3) is 0.391. The van der Waals surface area contributed by atoms with Gasteiger partial charge in [-0.25, -0.2) is 0 Å². The van der Waals surface area contributed by atoms with Crippen molar-refractivity contribution in [2.75, 3.05) is 37.4 Å². The Morgan fingerprint density at radius 2 is 1.66 bits per heavy atom. The van der Waals surface area contributed by atoms with Crippen LogP contribution in [0, 0.1) is 11.8 Å². The zero-order chi connectivity index (χ0) is 20.8. The summed E-state index contributed by atoms with van der Waals surface area (Å²) < 4.78 is 5.25. The lowest BCUT2D eigenvalue weighted by Gasteiger charge is -2.34. The third kappa shape index (κ3) is 5.81. The molecule has 0 spiro atoms. The van der Waals surface area contributed by atoms with Gasteiger partial charge in [-0.1, -0.05) is 26.0 Å². The van der Waals surface area contributed by atoms with E-state index in [2.05, 4.69) is 29.4 Å². The second kappa shape index (κ2) is 9.56. The van der Waals surface area contributed by atoms with Crippen molar-refractivity contribution in [2.24, 2.45) is 11.8 Å². The van der Waals surface area contributed by atoms with Gasteiger partial charge in [0.05, 0.1) is 19.3 Å². The van der Waals surface area contributed by atoms with Gasteiger partial charge in [-0.2, -0.15) is 0 Å². The van der Waals surface area contributed by atoms with Crippen LogP contribution in [-0.2, 0) is 4.79 Å². The molecule has 6 nitrogen and oxygen atoms in total. The van der Waals surface area contributed by atoms with Crippen LogP contribution in [-0.4, -0.2) is 43.5 Å². The number of hydrogen-bond acceptors (Lipinski definition) is 4. The van der Waals surface area contributed by atoms with Gasteiger partial charge in [-0.05, 0) is 54.7 Å². The summed E-state index contributed by atoms with van der Waals surface area (Å²) in [6.45, 7) is 6.77. The molecule has 2 N–H and O–H groups in total. The molecular weight excluding hydrogens is 366 g/mol. The third-order valence-corrected chi connectivity index (χ3v) is 5.10. The van der Waals surface area contributed by atoms with E-state index in [4.69, 9.17) is 4.74 Å². The molecular formula is C23H29N3O3. The number of carbonyl (C=O) groups is 2. The van der Waals surface area contributed by atoms with Crippen molar-refractivity contribution >= 4 is 23.2 Å². The van der Waals surface area contributed by atoms with E-state index in [1.54, 1.807) is 43.5 Å². The minimum absolute atomic E-state index is 0.0301. The maximum atomic E-state index is 12.5. The Balaban J connectivity index is 1.55. The van der Waals surface area contributed by atoms with E-state index in [1.807, 2.05) is 12.1 Å². The molecule has 2 atom stereocenters. The molecule has 0 aliphatic carbocycles. The molecule has 6 heteroatoms. The van der Waals surface area contributed by atoms with Crippen molar-refractivity contribution in [1.29, 1.82) is 0 Å². The third-order valence-electron chi connectivity index (χ3n) is 5.10. The Hall–Kier alpha value is -2.86. The summed E-state index contributed by atoms with van der Waals surface area (Å²) in [5.41, 5.74) is 1.80. The van der Waals surface area contributed by atoms with Crippen molar-refractivity contribution < 1.29 is 14.3 Å². The second-order valence-corrected chi connectivity index (χ2v) is 7.92. The van der Waals surface area contributed by atoms with Gasteiger partial charge < -0.3 is 15.4 Å². The number of amides is 2. The Morgan fingerprint density at radius 1 is 1.00 bits per heavy atom. The van der Waals surface area contributed by atoms with Crippen LogP contribution in [0.2, 0.25) is 0 Å². The maximum absolute atomic E-state index is 12.5. The maximum Gasteiger partial charge on any atom is 0.255 e. The number of rotatable bonds is 6. The van der Waals surface area contributed by atoms with Gasteiger partial charge in [0.25, 0.3) is 5.91 Å². The lowest BCUT2D eigenvalue weighted by atomic mass is 9.92. The molecule has 0 aromatic heterocycles. The molecule has 2 unspecified atom stereocenters. The SMILES string of the molecule is COc1ccccc1NC(=O)c1ccc(NC(=O)CN2CC(C)CC(C)C2)cc1. The van der Waals surface area contributed by atoms with Gasteiger partial charge in [-0.3, -0.25) is 14.5 Å². The van der Waals surface area contributed by atoms with E-state index in [1.165, 1.54) is 6.42 Å². The molecule has 1 aliphatic rings. The van der Waals surface area contributed by atoms with Gasteiger partial charge in [0, 0.05) is 24.3 Å². The van der Waals surface area contributed by atoms with Crippen molar-refractivity contribution in [1.82, 2.24) is 4.90 Å². The monoisotopic (exact) mass is 395 g/mol. The molecule has 2 aromatic rings. The van der Waals surface area contributed by atoms with Crippen LogP contribution in [0.25, 0.3) is 0 Å². The molecule has 0 saturated carbocycles. The number of anilines is 2. The molecule has 2 aromatic carbocycles. The minimum Gasteiger partial charge on any atom is -0.495 e. The van der Waals surface area contributed by atoms with Gasteiger partial charge >= 0.3 is 0 Å². The fourth-order valence-electron chi connectivity index (χ4n) is 3.97. The predicted octanol–water partition coefficient (Wildman–Crippen LogP) is 3.86. The number of piperidine rings is 1. The van der Waals surface area contributed by atoms with Crippen LogP contribution in [0.15, 0.2) is 48.5 Å². The first-order valence-corrected chi connectivity index (χ1v) is 10.0. The molecule has 3 rings (SSSR count). The number of nitrogens with one attached hydrogen (secondary N) is 2. The zero-order valence-corrected chi connectivity index (χ0v) is 17.3. The van der Waals surface area contributed by atoms with E-state index < -0.39 is 0 Å². The summed E-state index contributed by atoms with van der Waals surface area (Å²) >= 11 is 0. The highest BCUT2D eigenvalue weighted by molar-refractivity contribution is 6.05. The Morgan fingerprint density at radius 3 is 2.31 bits per heavy atom. The fourth-order valence-corrected chi connectivity index (χ4v) is 3.97. The summed E-state index contributed by atoms with van der Waals surface area (Å²) in [5, 5.41) is 5.76. The van der Waals surface area contributed by atoms with Crippen molar-refractivity contribution in [3.05, 3.63) is 54.1 Å². The topological polar surface area (TPSA) is 70.7 Å². The summed E-state index contributed by atoms with van der Waals surface area (Å²) in [5.74, 6) is 1.58. The van der Waals surface area contributed by atoms with Crippen LogP contribution in [0.4, 0.5) is 11.4 Å². The highest BCUT2D eigenvalue weighted by Gasteiger charge is 2.23. The van der Waals surface area contributed by atoms with Crippen LogP contribution in [0.5, 0.6) is 5.75 Å². The summed E-state index contributed by atoms with van der Waals surface area (Å²) in [6, 6.07) is 14.1. The van der Waals surface area contributed by atoms with Crippen molar-refractivity contribution in [3.63, 3.8) is 0 Å². The molecule has 2 amide bonds. The molecule has 1 aliphatic heterocycles. The number of likely N-dealkylation sites (tertiary alicyclic amines) is 1. The van der Waals surface area contributed by atoms with Crippen LogP contribution < -0.4 is 15.4 Å². The number of nitrogens with zero attached hydrogens (tertiary/aromatic N) is 1. The zero-order valence-electron chi connectivity index (χ0n) is 17.3. The molecule has 0 bridgehead atoms. The Bertz CT molecular complexity index is 841. The summed E-state index contributed by atoms with van der Waals surface area (Å²) in [4.78, 5) is 27.1. The van der Waals surface area contributed by atoms with Crippen LogP contribution in [0.1, 0.15) is 30.6 Å². The predicted molar refractivity (Wildman–Crippen MR) is 115 cm³/mol. The lowest BCUT2D eigenvalue weighted by molar-refractivity contribution is -0.117. The number of para-hydroxylation sites is 2. The van der Waals surface area contributed by atoms with Gasteiger partial charge in [0.2, 0.25) is 5.91 Å². The molecule has 0 radical (unpaired) electrons. The van der Waals surface area contributed by atoms with E-state index in [-0.39, 0.29) is 11.8 Å². The standard InChI is InChI=1S/C23H29N3O3/c1-16-12-17(2)14-26(13-16)15-22(27)24-19-10-8-18(9-11-19)23(28)25-20-6-4-5-7-21(20)29-3/h4-11,16-17H,12-15H2,1-3H3,(H,24,27)(H,25,28). The quantitative estimate of drug-likeness (QED) is 0.779. The molecule has 1 saturated heterocycles. The number of ether oxygens (including phenoxy) is 1. The second-order valence-electron chi connectivity index (χ2n) is 7.92. The smallest absolute Gasteiger partial charge is 0.255 e. The number of carbonyl (C=O) groups excluding carboxylic acids is 2. The molecule has 1 heterocycles. The largest absolute Gasteiger partial charge is 0.495 e. The number of hydrogen-bond donors (Lipinski definition) is 2. The minimum atomic E-state index is -0.233. The van der Waals surface area contributed by atoms with Crippen LogP contribution in [0.3, 0.4) is 0 Å². The highest BCUT2D eigenvalue weighted by atomic mass is 16.5. The molecule has 1 fully saturated rings. The van der Waals surface area contributed by atoms with E-state index in [9.17, 15) is 9.59 Å². The van der Waals surface area contributed by atoms with Gasteiger partial charge in [0.1, 0.15) is 5.75 Å². The Kier molecular flexibility index (Phi) is 6.88. The Labute approximate surface area is 172 Å². The van der Waals surface area contributed by atoms with Gasteiger partial charge in [0.15, 0.2) is 0 Å². The first kappa shape index (κ1) is 20.9. The van der Waals surface area contributed by atoms with Crippen molar-refractivity contribution in [2.45, 2.75) is 20.3 Å². The summed E-state index contributed by atoms with van der Waals surface area (Å²) in [6.07, 6.45) is 1.22. The first-order valence-electron chi connectivity index (χ1n) is 10.0. The van der Waals surface area contributed by atoms with E-state index in [0.29, 0.717) is 41.1 Å². The average Bonchev–Trinajstić information content (AvgIpc) is 2.68. The van der Waals surface area contributed by atoms with Gasteiger partial charge in [-0.15, -0.1) is 0 Å². The van der Waals surface area contributed by atoms with E-state index in [0.717, 1.165) is 13.1 Å². The number of methoxy groups -OCH3 is 1. The lowest BCUT2D eigenvalue weighted by Crippen LogP contribution is -2.42. The first-order chi connectivity index (χ1) is 13.9. The summed E-state index contributed by atoms with van der Waals surface area (Å²) in [7, 11) is 1.56. The van der Waals surface area contributed by atoms with Crippen molar-refractivity contribution in [3.8, 4) is 5.75 Å². The highest BCUT2D eigenvalue weighted by Crippen LogP contribution is 2.24. The average molecular weight is 396 g/mol. The van der Waals surface area contributed by atoms with Crippen LogP contribution >= 0.6 is 0 Å².